The van der Waals surface area contributed by atoms with Crippen molar-refractivity contribution >= 4 is 29.2 Å². The first-order valence-electron chi connectivity index (χ1n) is 12.8. The number of nitrogens with zero attached hydrogens (tertiary/aromatic N) is 2. The molecule has 9 heteroatoms. The quantitative estimate of drug-likeness (QED) is 0.107. The number of anilines is 1. The van der Waals surface area contributed by atoms with Gasteiger partial charge >= 0.3 is 0 Å². The van der Waals surface area contributed by atoms with Gasteiger partial charge in [-0.3, -0.25) is 0 Å². The van der Waals surface area contributed by atoms with Crippen molar-refractivity contribution in [1.29, 1.82) is 10.5 Å². The highest BCUT2D eigenvalue weighted by Gasteiger charge is 2.29. The molecule has 0 saturated heterocycles. The second-order valence-electron chi connectivity index (χ2n) is 8.39. The van der Waals surface area contributed by atoms with Crippen LogP contribution >= 0.6 is 23.5 Å². The van der Waals surface area contributed by atoms with Crippen molar-refractivity contribution in [3.8, 4) is 23.6 Å². The summed E-state index contributed by atoms with van der Waals surface area (Å²) in [6, 6.07) is 21.6. The second-order valence-corrected chi connectivity index (χ2v) is 10.5. The van der Waals surface area contributed by atoms with Gasteiger partial charge in [-0.2, -0.15) is 10.5 Å². The summed E-state index contributed by atoms with van der Waals surface area (Å²) in [5, 5.41) is 20.4. The lowest BCUT2D eigenvalue weighted by Crippen LogP contribution is -2.11. The SMILES string of the molecule is CCCCOCOc1c(C#N)c(C#N)c(OCOCCCC)c(Sc2ccccc2N)c1Sc1ccccc1. The molecule has 0 aliphatic carbocycles. The van der Waals surface area contributed by atoms with Gasteiger partial charge in [0.15, 0.2) is 25.1 Å². The van der Waals surface area contributed by atoms with E-state index < -0.39 is 0 Å². The molecule has 3 rings (SSSR count). The number of hydrogen-bond acceptors (Lipinski definition) is 9. The molecule has 0 amide bonds. The predicted molar refractivity (Wildman–Crippen MR) is 154 cm³/mol. The van der Waals surface area contributed by atoms with Crippen LogP contribution in [-0.2, 0) is 9.47 Å². The van der Waals surface area contributed by atoms with Crippen molar-refractivity contribution in [3.63, 3.8) is 0 Å². The van der Waals surface area contributed by atoms with Crippen molar-refractivity contribution < 1.29 is 18.9 Å². The van der Waals surface area contributed by atoms with Gasteiger partial charge in [0.25, 0.3) is 0 Å². The zero-order chi connectivity index (χ0) is 27.9. The molecule has 3 aromatic rings. The van der Waals surface area contributed by atoms with E-state index in [9.17, 15) is 10.5 Å². The fourth-order valence-electron chi connectivity index (χ4n) is 3.44. The number of benzene rings is 3. The van der Waals surface area contributed by atoms with Crippen molar-refractivity contribution in [3.05, 3.63) is 65.7 Å². The smallest absolute Gasteiger partial charge is 0.189 e. The Balaban J connectivity index is 2.19. The van der Waals surface area contributed by atoms with Gasteiger partial charge in [-0.25, -0.2) is 0 Å². The molecule has 0 atom stereocenters. The van der Waals surface area contributed by atoms with E-state index in [4.69, 9.17) is 24.7 Å². The van der Waals surface area contributed by atoms with Crippen LogP contribution in [0.5, 0.6) is 11.5 Å². The molecule has 0 aliphatic rings. The molecule has 0 unspecified atom stereocenters. The van der Waals surface area contributed by atoms with Gasteiger partial charge in [0, 0.05) is 15.5 Å². The number of unbranched alkanes of at least 4 members (excludes halogenated alkanes) is 2. The standard InChI is InChI=1S/C30H33N3O4S2/c1-3-5-16-34-20-36-27-23(18-31)24(19-32)28(37-21-35-17-6-4-2)30(39-26-15-11-10-14-25(26)33)29(27)38-22-12-8-7-9-13-22/h7-15H,3-6,16-17,20-21,33H2,1-2H3. The first kappa shape index (κ1) is 30.2. The number of nitrogen functional groups attached to an aromatic ring is 1. The van der Waals surface area contributed by atoms with Crippen LogP contribution in [0.1, 0.15) is 50.7 Å². The summed E-state index contributed by atoms with van der Waals surface area (Å²) in [5.74, 6) is 0.534. The van der Waals surface area contributed by atoms with Crippen LogP contribution in [0.2, 0.25) is 0 Å². The predicted octanol–water partition coefficient (Wildman–Crippen LogP) is 7.62. The third-order valence-corrected chi connectivity index (χ3v) is 7.91. The van der Waals surface area contributed by atoms with Crippen LogP contribution in [0.25, 0.3) is 0 Å². The van der Waals surface area contributed by atoms with Gasteiger partial charge in [0.2, 0.25) is 0 Å². The van der Waals surface area contributed by atoms with Crippen LogP contribution in [-0.4, -0.2) is 26.8 Å². The Morgan fingerprint density at radius 3 is 1.74 bits per heavy atom. The summed E-state index contributed by atoms with van der Waals surface area (Å²) in [6.07, 6.45) is 3.76. The Morgan fingerprint density at radius 2 is 1.23 bits per heavy atom. The lowest BCUT2D eigenvalue weighted by atomic mass is 10.1. The van der Waals surface area contributed by atoms with E-state index in [1.165, 1.54) is 23.5 Å². The summed E-state index contributed by atoms with van der Waals surface area (Å²) in [5.41, 5.74) is 7.05. The molecule has 0 aromatic heterocycles. The van der Waals surface area contributed by atoms with Gasteiger partial charge < -0.3 is 24.7 Å². The summed E-state index contributed by atoms with van der Waals surface area (Å²) in [7, 11) is 0. The molecule has 7 nitrogen and oxygen atoms in total. The molecule has 0 radical (unpaired) electrons. The average Bonchev–Trinajstić information content (AvgIpc) is 2.96. The third-order valence-electron chi connectivity index (χ3n) is 5.50. The molecule has 0 bridgehead atoms. The normalized spacial score (nSPS) is 10.6. The minimum absolute atomic E-state index is 0.0557. The van der Waals surface area contributed by atoms with E-state index in [1.807, 2.05) is 54.6 Å². The van der Waals surface area contributed by atoms with Crippen LogP contribution in [0, 0.1) is 22.7 Å². The maximum absolute atomic E-state index is 10.2. The van der Waals surface area contributed by atoms with Crippen LogP contribution in [0.3, 0.4) is 0 Å². The molecule has 0 fully saturated rings. The number of para-hydroxylation sites is 1. The van der Waals surface area contributed by atoms with Gasteiger partial charge in [-0.05, 0) is 37.1 Å². The molecular weight excluding hydrogens is 530 g/mol. The zero-order valence-electron chi connectivity index (χ0n) is 22.3. The molecule has 3 aromatic carbocycles. The highest BCUT2D eigenvalue weighted by Crippen LogP contribution is 2.52. The first-order chi connectivity index (χ1) is 19.1. The van der Waals surface area contributed by atoms with Gasteiger partial charge in [0.1, 0.15) is 23.3 Å². The van der Waals surface area contributed by atoms with Crippen LogP contribution in [0.4, 0.5) is 5.69 Å². The number of nitrogens with two attached hydrogens (primary N) is 1. The molecule has 204 valence electrons. The third kappa shape index (κ3) is 8.58. The monoisotopic (exact) mass is 563 g/mol. The Kier molecular flexibility index (Phi) is 12.8. The van der Waals surface area contributed by atoms with Crippen LogP contribution in [0.15, 0.2) is 74.2 Å². The lowest BCUT2D eigenvalue weighted by molar-refractivity contribution is 0.00870. The van der Waals surface area contributed by atoms with Crippen molar-refractivity contribution in [2.45, 2.75) is 59.1 Å². The Morgan fingerprint density at radius 1 is 0.718 bits per heavy atom. The lowest BCUT2D eigenvalue weighted by Gasteiger charge is -2.22. The highest BCUT2D eigenvalue weighted by atomic mass is 32.2. The summed E-state index contributed by atoms with van der Waals surface area (Å²) in [4.78, 5) is 2.95. The Bertz CT molecular complexity index is 1290. The molecular formula is C30H33N3O4S2. The molecule has 0 spiro atoms. The van der Waals surface area contributed by atoms with E-state index in [0.29, 0.717) is 28.7 Å². The van der Waals surface area contributed by atoms with Crippen molar-refractivity contribution in [1.82, 2.24) is 0 Å². The summed E-state index contributed by atoms with van der Waals surface area (Å²) >= 11 is 2.78. The molecule has 0 aliphatic heterocycles. The second kappa shape index (κ2) is 16.6. The molecule has 2 N–H and O–H groups in total. The fourth-order valence-corrected chi connectivity index (χ4v) is 5.65. The van der Waals surface area contributed by atoms with E-state index in [-0.39, 0.29) is 36.2 Å². The number of rotatable bonds is 16. The zero-order valence-corrected chi connectivity index (χ0v) is 23.9. The highest BCUT2D eigenvalue weighted by molar-refractivity contribution is 8.02. The van der Waals surface area contributed by atoms with E-state index in [1.54, 1.807) is 0 Å². The maximum atomic E-state index is 10.2. The number of hydrogen-bond donors (Lipinski definition) is 1. The maximum Gasteiger partial charge on any atom is 0.189 e. The topological polar surface area (TPSA) is 111 Å². The molecule has 39 heavy (non-hydrogen) atoms. The average molecular weight is 564 g/mol. The van der Waals surface area contributed by atoms with Gasteiger partial charge in [-0.1, -0.05) is 80.5 Å². The van der Waals surface area contributed by atoms with E-state index >= 15 is 0 Å². The molecule has 0 saturated carbocycles. The Labute approximate surface area is 239 Å². The first-order valence-corrected chi connectivity index (χ1v) is 14.5. The number of nitriles is 2. The van der Waals surface area contributed by atoms with E-state index in [0.717, 1.165) is 35.5 Å². The fraction of sp³-hybridized carbons (Fsp3) is 0.333. The van der Waals surface area contributed by atoms with Crippen molar-refractivity contribution in [2.75, 3.05) is 32.5 Å². The van der Waals surface area contributed by atoms with Crippen molar-refractivity contribution in [2.24, 2.45) is 0 Å². The summed E-state index contributed by atoms with van der Waals surface area (Å²) in [6.45, 7) is 5.10. The van der Waals surface area contributed by atoms with Crippen LogP contribution < -0.4 is 15.2 Å². The number of ether oxygens (including phenoxy) is 4. The largest absolute Gasteiger partial charge is 0.465 e. The van der Waals surface area contributed by atoms with Gasteiger partial charge in [-0.15, -0.1) is 0 Å². The molecule has 0 heterocycles. The summed E-state index contributed by atoms with van der Waals surface area (Å²) < 4.78 is 23.5. The minimum Gasteiger partial charge on any atom is -0.465 e. The van der Waals surface area contributed by atoms with Gasteiger partial charge in [0.05, 0.1) is 23.0 Å². The Hall–Kier alpha value is -3.34. The minimum atomic E-state index is -0.0623. The van der Waals surface area contributed by atoms with E-state index in [2.05, 4.69) is 26.0 Å².